The molecular formula is C22H32Cl2N2OS. The minimum Gasteiger partial charge on any atom is -0.389 e. The predicted molar refractivity (Wildman–Crippen MR) is 124 cm³/mol. The second-order valence-electron chi connectivity index (χ2n) is 7.90. The standard InChI is InChI=1S/C22H30N2OS.2ClH/c25-22(9-2-1-3-10-22)21(16-24-13-11-23-12-14-24)19-6-4-18(5-7-19)20-8-15-26-17-20;;/h4-8,15,17,21,23,25H,1-3,9-14,16H2;2*1H. The van der Waals surface area contributed by atoms with Crippen molar-refractivity contribution in [3.8, 4) is 11.1 Å². The minimum absolute atomic E-state index is 0. The van der Waals surface area contributed by atoms with Crippen LogP contribution >= 0.6 is 36.2 Å². The van der Waals surface area contributed by atoms with Gasteiger partial charge in [0.1, 0.15) is 0 Å². The normalized spacial score (nSPS) is 20.6. The first-order valence-corrected chi connectivity index (χ1v) is 11.0. The zero-order chi connectivity index (χ0) is 17.8. The molecule has 1 aliphatic heterocycles. The summed E-state index contributed by atoms with van der Waals surface area (Å²) in [6, 6.07) is 11.1. The maximum atomic E-state index is 11.5. The molecule has 1 atom stereocenters. The van der Waals surface area contributed by atoms with Crippen LogP contribution in [0.5, 0.6) is 0 Å². The highest BCUT2D eigenvalue weighted by Gasteiger charge is 2.39. The van der Waals surface area contributed by atoms with Gasteiger partial charge in [0.05, 0.1) is 5.60 Å². The Bertz CT molecular complexity index is 681. The number of nitrogens with one attached hydrogen (secondary N) is 1. The van der Waals surface area contributed by atoms with E-state index in [-0.39, 0.29) is 30.7 Å². The molecule has 3 nitrogen and oxygen atoms in total. The average Bonchev–Trinajstić information content (AvgIpc) is 3.22. The third-order valence-electron chi connectivity index (χ3n) is 6.19. The molecule has 156 valence electrons. The largest absolute Gasteiger partial charge is 0.389 e. The minimum atomic E-state index is -0.549. The highest BCUT2D eigenvalue weighted by Crippen LogP contribution is 2.41. The Balaban J connectivity index is 0.00000140. The van der Waals surface area contributed by atoms with E-state index < -0.39 is 5.60 Å². The fraction of sp³-hybridized carbons (Fsp3) is 0.545. The van der Waals surface area contributed by atoms with E-state index in [9.17, 15) is 5.11 Å². The topological polar surface area (TPSA) is 35.5 Å². The molecule has 6 heteroatoms. The highest BCUT2D eigenvalue weighted by molar-refractivity contribution is 7.08. The summed E-state index contributed by atoms with van der Waals surface area (Å²) in [6.07, 6.45) is 5.45. The molecule has 0 amide bonds. The lowest BCUT2D eigenvalue weighted by Crippen LogP contribution is -2.49. The maximum Gasteiger partial charge on any atom is 0.0728 e. The van der Waals surface area contributed by atoms with E-state index in [0.29, 0.717) is 0 Å². The van der Waals surface area contributed by atoms with E-state index in [2.05, 4.69) is 51.3 Å². The monoisotopic (exact) mass is 442 g/mol. The van der Waals surface area contributed by atoms with Gasteiger partial charge in [0.15, 0.2) is 0 Å². The summed E-state index contributed by atoms with van der Waals surface area (Å²) in [7, 11) is 0. The van der Waals surface area contributed by atoms with E-state index in [4.69, 9.17) is 0 Å². The molecule has 2 N–H and O–H groups in total. The molecule has 1 aromatic carbocycles. The lowest BCUT2D eigenvalue weighted by molar-refractivity contribution is -0.0316. The molecule has 0 radical (unpaired) electrons. The van der Waals surface area contributed by atoms with E-state index in [1.807, 2.05) is 0 Å². The molecule has 1 aliphatic carbocycles. The van der Waals surface area contributed by atoms with Crippen molar-refractivity contribution < 1.29 is 5.11 Å². The maximum absolute atomic E-state index is 11.5. The van der Waals surface area contributed by atoms with Crippen molar-refractivity contribution in [1.29, 1.82) is 0 Å². The quantitative estimate of drug-likeness (QED) is 0.687. The van der Waals surface area contributed by atoms with Gasteiger partial charge in [-0.05, 0) is 46.4 Å². The first-order valence-electron chi connectivity index (χ1n) is 10.0. The number of hydrogen-bond acceptors (Lipinski definition) is 4. The zero-order valence-corrected chi connectivity index (χ0v) is 18.8. The van der Waals surface area contributed by atoms with Gasteiger partial charge in [0.2, 0.25) is 0 Å². The number of benzene rings is 1. The van der Waals surface area contributed by atoms with E-state index >= 15 is 0 Å². The molecule has 4 rings (SSSR count). The predicted octanol–water partition coefficient (Wildman–Crippen LogP) is 4.94. The van der Waals surface area contributed by atoms with E-state index in [1.54, 1.807) is 11.3 Å². The summed E-state index contributed by atoms with van der Waals surface area (Å²) in [5.74, 6) is 0.206. The molecule has 1 saturated carbocycles. The Morgan fingerprint density at radius 2 is 1.64 bits per heavy atom. The second kappa shape index (κ2) is 11.0. The van der Waals surface area contributed by atoms with Crippen LogP contribution in [0.2, 0.25) is 0 Å². The van der Waals surface area contributed by atoms with Crippen molar-refractivity contribution in [3.05, 3.63) is 46.7 Å². The Morgan fingerprint density at radius 3 is 2.25 bits per heavy atom. The molecule has 1 aromatic heterocycles. The van der Waals surface area contributed by atoms with Crippen molar-refractivity contribution in [2.75, 3.05) is 32.7 Å². The summed E-state index contributed by atoms with van der Waals surface area (Å²) < 4.78 is 0. The number of thiophene rings is 1. The highest BCUT2D eigenvalue weighted by atomic mass is 35.5. The molecule has 1 saturated heterocycles. The third kappa shape index (κ3) is 5.50. The van der Waals surface area contributed by atoms with E-state index in [0.717, 1.165) is 58.4 Å². The van der Waals surface area contributed by atoms with Crippen LogP contribution in [-0.2, 0) is 0 Å². The van der Waals surface area contributed by atoms with Crippen LogP contribution in [0.15, 0.2) is 41.1 Å². The Labute approximate surface area is 185 Å². The number of rotatable bonds is 5. The van der Waals surface area contributed by atoms with Gasteiger partial charge in [-0.15, -0.1) is 24.8 Å². The van der Waals surface area contributed by atoms with Crippen molar-refractivity contribution in [3.63, 3.8) is 0 Å². The number of piperazine rings is 1. The lowest BCUT2D eigenvalue weighted by atomic mass is 9.72. The fourth-order valence-corrected chi connectivity index (χ4v) is 5.25. The van der Waals surface area contributed by atoms with Gasteiger partial charge in [-0.25, -0.2) is 0 Å². The third-order valence-corrected chi connectivity index (χ3v) is 6.87. The summed E-state index contributed by atoms with van der Waals surface area (Å²) in [4.78, 5) is 2.53. The van der Waals surface area contributed by atoms with Crippen LogP contribution in [-0.4, -0.2) is 48.3 Å². The summed E-state index contributed by atoms with van der Waals surface area (Å²) in [6.45, 7) is 5.25. The first kappa shape index (κ1) is 23.7. The Morgan fingerprint density at radius 1 is 0.964 bits per heavy atom. The van der Waals surface area contributed by atoms with Gasteiger partial charge in [-0.3, -0.25) is 0 Å². The molecule has 1 unspecified atom stereocenters. The zero-order valence-electron chi connectivity index (χ0n) is 16.3. The van der Waals surface area contributed by atoms with Gasteiger partial charge in [0.25, 0.3) is 0 Å². The Kier molecular flexibility index (Phi) is 9.26. The van der Waals surface area contributed by atoms with Gasteiger partial charge >= 0.3 is 0 Å². The van der Waals surface area contributed by atoms with Gasteiger partial charge in [0, 0.05) is 38.6 Å². The molecule has 28 heavy (non-hydrogen) atoms. The summed E-state index contributed by atoms with van der Waals surface area (Å²) in [5, 5.41) is 19.3. The van der Waals surface area contributed by atoms with Crippen LogP contribution in [0.25, 0.3) is 11.1 Å². The molecule has 2 aliphatic rings. The Hall–Kier alpha value is -0.620. The molecular weight excluding hydrogens is 411 g/mol. The average molecular weight is 443 g/mol. The van der Waals surface area contributed by atoms with Gasteiger partial charge in [-0.1, -0.05) is 43.5 Å². The van der Waals surface area contributed by atoms with Gasteiger partial charge < -0.3 is 15.3 Å². The van der Waals surface area contributed by atoms with Crippen LogP contribution in [0.1, 0.15) is 43.6 Å². The number of aliphatic hydroxyl groups is 1. The SMILES string of the molecule is Cl.Cl.OC1(C(CN2CCNCC2)c2ccc(-c3ccsc3)cc2)CCCCC1. The van der Waals surface area contributed by atoms with E-state index in [1.165, 1.54) is 23.1 Å². The summed E-state index contributed by atoms with van der Waals surface area (Å²) in [5.41, 5.74) is 3.31. The lowest BCUT2D eigenvalue weighted by Gasteiger charge is -2.42. The van der Waals surface area contributed by atoms with Crippen molar-refractivity contribution in [2.24, 2.45) is 0 Å². The van der Waals surface area contributed by atoms with Crippen molar-refractivity contribution >= 4 is 36.2 Å². The van der Waals surface area contributed by atoms with Crippen LogP contribution in [0.4, 0.5) is 0 Å². The number of hydrogen-bond donors (Lipinski definition) is 2. The van der Waals surface area contributed by atoms with Gasteiger partial charge in [-0.2, -0.15) is 11.3 Å². The van der Waals surface area contributed by atoms with Crippen molar-refractivity contribution in [1.82, 2.24) is 10.2 Å². The van der Waals surface area contributed by atoms with Crippen molar-refractivity contribution in [2.45, 2.75) is 43.6 Å². The number of nitrogens with zero attached hydrogens (tertiary/aromatic N) is 1. The molecule has 2 heterocycles. The number of halogens is 2. The second-order valence-corrected chi connectivity index (χ2v) is 8.68. The molecule has 0 spiro atoms. The summed E-state index contributed by atoms with van der Waals surface area (Å²) >= 11 is 1.74. The molecule has 0 bridgehead atoms. The first-order chi connectivity index (χ1) is 12.7. The van der Waals surface area contributed by atoms with Crippen LogP contribution in [0.3, 0.4) is 0 Å². The van der Waals surface area contributed by atoms with Crippen LogP contribution in [0, 0.1) is 0 Å². The molecule has 2 aromatic rings. The fourth-order valence-electron chi connectivity index (χ4n) is 4.59. The smallest absolute Gasteiger partial charge is 0.0728 e. The molecule has 2 fully saturated rings. The van der Waals surface area contributed by atoms with Crippen LogP contribution < -0.4 is 5.32 Å².